The molecule has 1 fully saturated rings. The number of piperidine rings is 1. The number of fused-ring (bicyclic) bond motifs is 1. The number of likely N-dealkylation sites (tertiary alicyclic amines) is 1. The van der Waals surface area contributed by atoms with E-state index in [1.54, 1.807) is 4.90 Å². The highest BCUT2D eigenvalue weighted by molar-refractivity contribution is 5.80. The van der Waals surface area contributed by atoms with E-state index in [0.717, 1.165) is 42.5 Å². The molecule has 1 aromatic heterocycles. The van der Waals surface area contributed by atoms with Gasteiger partial charge in [0.05, 0.1) is 17.0 Å². The molecule has 1 aliphatic heterocycles. The topological polar surface area (TPSA) is 104 Å². The molecule has 0 spiro atoms. The second kappa shape index (κ2) is 7.33. The van der Waals surface area contributed by atoms with Crippen LogP contribution < -0.4 is 11.1 Å². The smallest absolute Gasteiger partial charge is 0.314 e. The van der Waals surface area contributed by atoms with Gasteiger partial charge in [-0.1, -0.05) is 12.1 Å². The van der Waals surface area contributed by atoms with Gasteiger partial charge < -0.3 is 20.9 Å². The minimum Gasteiger partial charge on any atom is -0.356 e. The number of nitrogens with zero attached hydrogens (tertiary/aromatic N) is 2. The fourth-order valence-electron chi connectivity index (χ4n) is 3.13. The Labute approximate surface area is 140 Å². The maximum atomic E-state index is 12.2. The van der Waals surface area contributed by atoms with Gasteiger partial charge in [-0.2, -0.15) is 0 Å². The van der Waals surface area contributed by atoms with Crippen LogP contribution >= 0.6 is 0 Å². The van der Waals surface area contributed by atoms with Crippen molar-refractivity contribution in [2.24, 2.45) is 11.7 Å². The first kappa shape index (κ1) is 16.3. The number of benzene rings is 1. The van der Waals surface area contributed by atoms with Gasteiger partial charge in [0.1, 0.15) is 5.82 Å². The van der Waals surface area contributed by atoms with Crippen LogP contribution in [0.1, 0.15) is 25.1 Å². The summed E-state index contributed by atoms with van der Waals surface area (Å²) in [5.41, 5.74) is 7.29. The van der Waals surface area contributed by atoms with Crippen LogP contribution in [0.5, 0.6) is 0 Å². The number of amides is 3. The fraction of sp³-hybridized carbons (Fsp3) is 0.471. The quantitative estimate of drug-likeness (QED) is 0.722. The highest BCUT2D eigenvalue weighted by Crippen LogP contribution is 2.16. The average molecular weight is 329 g/mol. The number of H-pyrrole nitrogens is 1. The number of nitrogens with two attached hydrogens (primary N) is 1. The summed E-state index contributed by atoms with van der Waals surface area (Å²) >= 11 is 0. The van der Waals surface area contributed by atoms with Gasteiger partial charge >= 0.3 is 6.03 Å². The van der Waals surface area contributed by atoms with Gasteiger partial charge in [-0.05, 0) is 31.4 Å². The highest BCUT2D eigenvalue weighted by Gasteiger charge is 2.27. The molecule has 1 aromatic carbocycles. The summed E-state index contributed by atoms with van der Waals surface area (Å²) in [5.74, 6) is 0.783. The molecule has 7 nitrogen and oxygen atoms in total. The number of para-hydroxylation sites is 2. The number of rotatable bonds is 5. The number of urea groups is 1. The van der Waals surface area contributed by atoms with Gasteiger partial charge in [0.2, 0.25) is 5.91 Å². The van der Waals surface area contributed by atoms with Gasteiger partial charge in [0.25, 0.3) is 0 Å². The maximum absolute atomic E-state index is 12.2. The number of aromatic nitrogens is 2. The van der Waals surface area contributed by atoms with Crippen molar-refractivity contribution < 1.29 is 9.59 Å². The molecule has 3 amide bonds. The molecule has 3 rings (SSSR count). The monoisotopic (exact) mass is 329 g/mol. The molecule has 0 unspecified atom stereocenters. The molecule has 1 atom stereocenters. The van der Waals surface area contributed by atoms with Crippen LogP contribution in [0.2, 0.25) is 0 Å². The van der Waals surface area contributed by atoms with Crippen LogP contribution in [0.25, 0.3) is 11.0 Å². The highest BCUT2D eigenvalue weighted by atomic mass is 16.2. The molecule has 0 radical (unpaired) electrons. The minimum absolute atomic E-state index is 0.00514. The Hall–Kier alpha value is -2.57. The van der Waals surface area contributed by atoms with Gasteiger partial charge in [-0.25, -0.2) is 9.78 Å². The van der Waals surface area contributed by atoms with Gasteiger partial charge in [-0.15, -0.1) is 0 Å². The molecule has 0 aliphatic carbocycles. The Bertz CT molecular complexity index is 694. The van der Waals surface area contributed by atoms with Crippen molar-refractivity contribution in [3.8, 4) is 0 Å². The first-order valence-electron chi connectivity index (χ1n) is 8.39. The van der Waals surface area contributed by atoms with Crippen molar-refractivity contribution in [3.63, 3.8) is 0 Å². The first-order valence-corrected chi connectivity index (χ1v) is 8.39. The Morgan fingerprint density at radius 3 is 3.00 bits per heavy atom. The maximum Gasteiger partial charge on any atom is 0.314 e. The molecular formula is C17H23N5O2. The van der Waals surface area contributed by atoms with E-state index in [0.29, 0.717) is 19.6 Å². The zero-order valence-corrected chi connectivity index (χ0v) is 13.6. The first-order chi connectivity index (χ1) is 11.6. The van der Waals surface area contributed by atoms with Crippen LogP contribution in [0.4, 0.5) is 4.79 Å². The number of carbonyl (C=O) groups excluding carboxylic acids is 2. The SMILES string of the molecule is NC(=O)N1CCC[C@H](C(=O)NCCCc2nc3ccccc3[nH]2)C1. The van der Waals surface area contributed by atoms with Crippen LogP contribution in [-0.4, -0.2) is 46.4 Å². The van der Waals surface area contributed by atoms with Crippen LogP contribution in [0.15, 0.2) is 24.3 Å². The van der Waals surface area contributed by atoms with Crippen LogP contribution in [0, 0.1) is 5.92 Å². The lowest BCUT2D eigenvalue weighted by molar-refractivity contribution is -0.126. The second-order valence-corrected chi connectivity index (χ2v) is 6.22. The van der Waals surface area contributed by atoms with Crippen LogP contribution in [0.3, 0.4) is 0 Å². The van der Waals surface area contributed by atoms with Crippen molar-refractivity contribution in [1.29, 1.82) is 0 Å². The molecule has 0 bridgehead atoms. The summed E-state index contributed by atoms with van der Waals surface area (Å²) < 4.78 is 0. The molecule has 2 heterocycles. The van der Waals surface area contributed by atoms with E-state index in [4.69, 9.17) is 5.73 Å². The van der Waals surface area contributed by atoms with E-state index in [9.17, 15) is 9.59 Å². The fourth-order valence-corrected chi connectivity index (χ4v) is 3.13. The van der Waals surface area contributed by atoms with Gasteiger partial charge in [-0.3, -0.25) is 4.79 Å². The number of hydrogen-bond donors (Lipinski definition) is 3. The Morgan fingerprint density at radius 1 is 1.38 bits per heavy atom. The van der Waals surface area contributed by atoms with E-state index in [1.165, 1.54) is 0 Å². The number of carbonyl (C=O) groups is 2. The van der Waals surface area contributed by atoms with E-state index in [-0.39, 0.29) is 11.8 Å². The van der Waals surface area contributed by atoms with Crippen molar-refractivity contribution in [2.75, 3.05) is 19.6 Å². The lowest BCUT2D eigenvalue weighted by atomic mass is 9.97. The lowest BCUT2D eigenvalue weighted by Gasteiger charge is -2.30. The van der Waals surface area contributed by atoms with E-state index in [2.05, 4.69) is 15.3 Å². The van der Waals surface area contributed by atoms with Crippen molar-refractivity contribution in [1.82, 2.24) is 20.2 Å². The number of aromatic amines is 1. The zero-order valence-electron chi connectivity index (χ0n) is 13.6. The molecule has 4 N–H and O–H groups in total. The molecule has 2 aromatic rings. The Balaban J connectivity index is 1.42. The molecule has 1 saturated heterocycles. The predicted molar refractivity (Wildman–Crippen MR) is 91.3 cm³/mol. The van der Waals surface area contributed by atoms with Gasteiger partial charge in [0, 0.05) is 26.1 Å². The molecule has 1 aliphatic rings. The summed E-state index contributed by atoms with van der Waals surface area (Å²) in [7, 11) is 0. The normalized spacial score (nSPS) is 17.8. The summed E-state index contributed by atoms with van der Waals surface area (Å²) in [6.45, 7) is 1.67. The van der Waals surface area contributed by atoms with E-state index < -0.39 is 6.03 Å². The third-order valence-corrected chi connectivity index (χ3v) is 4.43. The standard InChI is InChI=1S/C17H23N5O2/c18-17(24)22-10-4-5-12(11-22)16(23)19-9-3-8-15-20-13-6-1-2-7-14(13)21-15/h1-2,6-7,12H,3-5,8-11H2,(H2,18,24)(H,19,23)(H,20,21)/t12-/m0/s1. The van der Waals surface area contributed by atoms with Crippen molar-refractivity contribution >= 4 is 23.0 Å². The molecule has 24 heavy (non-hydrogen) atoms. The predicted octanol–water partition coefficient (Wildman–Crippen LogP) is 1.40. The number of nitrogens with one attached hydrogen (secondary N) is 2. The average Bonchev–Trinajstić information content (AvgIpc) is 3.01. The lowest BCUT2D eigenvalue weighted by Crippen LogP contribution is -2.47. The summed E-state index contributed by atoms with van der Waals surface area (Å²) in [5, 5.41) is 2.96. The largest absolute Gasteiger partial charge is 0.356 e. The summed E-state index contributed by atoms with van der Waals surface area (Å²) in [6, 6.07) is 7.47. The Morgan fingerprint density at radius 2 is 2.21 bits per heavy atom. The molecular weight excluding hydrogens is 306 g/mol. The van der Waals surface area contributed by atoms with E-state index >= 15 is 0 Å². The third kappa shape index (κ3) is 3.84. The van der Waals surface area contributed by atoms with E-state index in [1.807, 2.05) is 24.3 Å². The Kier molecular flexibility index (Phi) is 4.98. The second-order valence-electron chi connectivity index (χ2n) is 6.22. The number of aryl methyl sites for hydroxylation is 1. The summed E-state index contributed by atoms with van der Waals surface area (Å²) in [6.07, 6.45) is 3.23. The molecule has 128 valence electrons. The van der Waals surface area contributed by atoms with Crippen LogP contribution in [-0.2, 0) is 11.2 Å². The summed E-state index contributed by atoms with van der Waals surface area (Å²) in [4.78, 5) is 32.8. The molecule has 7 heteroatoms. The molecule has 0 saturated carbocycles. The zero-order chi connectivity index (χ0) is 16.9. The number of primary amides is 1. The third-order valence-electron chi connectivity index (χ3n) is 4.43. The van der Waals surface area contributed by atoms with Crippen molar-refractivity contribution in [2.45, 2.75) is 25.7 Å². The van der Waals surface area contributed by atoms with Gasteiger partial charge in [0.15, 0.2) is 0 Å². The number of imidazole rings is 1. The number of hydrogen-bond acceptors (Lipinski definition) is 3. The minimum atomic E-state index is -0.447. The van der Waals surface area contributed by atoms with Crippen molar-refractivity contribution in [3.05, 3.63) is 30.1 Å².